The molecule has 2 aliphatic rings. The quantitative estimate of drug-likeness (QED) is 0.233. The predicted molar refractivity (Wildman–Crippen MR) is 130 cm³/mol. The highest BCUT2D eigenvalue weighted by atomic mass is 16.7. The van der Waals surface area contributed by atoms with Gasteiger partial charge in [0.1, 0.15) is 30.7 Å². The summed E-state index contributed by atoms with van der Waals surface area (Å²) in [5.74, 6) is -1.72. The molecule has 0 aromatic heterocycles. The fourth-order valence-electron chi connectivity index (χ4n) is 4.22. The van der Waals surface area contributed by atoms with Crippen LogP contribution in [0.1, 0.15) is 28.8 Å². The van der Waals surface area contributed by atoms with E-state index in [1.54, 1.807) is 42.5 Å². The summed E-state index contributed by atoms with van der Waals surface area (Å²) < 4.78 is 22.3. The van der Waals surface area contributed by atoms with E-state index in [-0.39, 0.29) is 24.3 Å². The molecule has 1 aliphatic heterocycles. The van der Waals surface area contributed by atoms with Gasteiger partial charge in [0.25, 0.3) is 0 Å². The number of aliphatic hydroxyl groups is 5. The number of benzene rings is 2. The Morgan fingerprint density at radius 3 is 2.42 bits per heavy atom. The topological polar surface area (TPSA) is 172 Å². The Hall–Kier alpha value is -3.32. The summed E-state index contributed by atoms with van der Waals surface area (Å²) in [5, 5.41) is 51.3. The second-order valence-electron chi connectivity index (χ2n) is 9.07. The minimum atomic E-state index is -2.17. The SMILES string of the molecule is O=C(O[C@H]1[C@H](Oc2ccccc2COC(=O)[C@]2(O)C=CCC[C@@H]2O)O[C@H](CO)[C@@H](O)[C@@H]1O)c1ccccc1. The molecule has 0 amide bonds. The van der Waals surface area contributed by atoms with Gasteiger partial charge < -0.3 is 44.5 Å². The van der Waals surface area contributed by atoms with Gasteiger partial charge in [-0.25, -0.2) is 9.59 Å². The van der Waals surface area contributed by atoms with Gasteiger partial charge in [-0.2, -0.15) is 0 Å². The van der Waals surface area contributed by atoms with Crippen molar-refractivity contribution in [3.63, 3.8) is 0 Å². The van der Waals surface area contributed by atoms with Crippen LogP contribution in [0.25, 0.3) is 0 Å². The molecule has 0 spiro atoms. The zero-order valence-electron chi connectivity index (χ0n) is 20.3. The van der Waals surface area contributed by atoms with E-state index >= 15 is 0 Å². The third-order valence-electron chi connectivity index (χ3n) is 6.47. The van der Waals surface area contributed by atoms with Gasteiger partial charge in [-0.1, -0.05) is 42.5 Å². The molecule has 1 fully saturated rings. The second kappa shape index (κ2) is 12.0. The van der Waals surface area contributed by atoms with Crippen LogP contribution in [0, 0.1) is 0 Å². The molecule has 0 bridgehead atoms. The van der Waals surface area contributed by atoms with Crippen molar-refractivity contribution in [1.29, 1.82) is 0 Å². The van der Waals surface area contributed by atoms with E-state index in [9.17, 15) is 35.1 Å². The van der Waals surface area contributed by atoms with Crippen LogP contribution in [-0.4, -0.2) is 86.5 Å². The Morgan fingerprint density at radius 1 is 1.00 bits per heavy atom. The highest BCUT2D eigenvalue weighted by molar-refractivity contribution is 5.89. The van der Waals surface area contributed by atoms with Crippen LogP contribution in [0.4, 0.5) is 0 Å². The van der Waals surface area contributed by atoms with Crippen LogP contribution in [-0.2, 0) is 25.6 Å². The maximum Gasteiger partial charge on any atom is 0.345 e. The van der Waals surface area contributed by atoms with Crippen LogP contribution in [0.3, 0.4) is 0 Å². The molecule has 204 valence electrons. The third-order valence-corrected chi connectivity index (χ3v) is 6.47. The number of para-hydroxylation sites is 1. The van der Waals surface area contributed by atoms with E-state index in [1.807, 2.05) is 0 Å². The number of aliphatic hydroxyl groups excluding tert-OH is 4. The highest BCUT2D eigenvalue weighted by Crippen LogP contribution is 2.30. The lowest BCUT2D eigenvalue weighted by Crippen LogP contribution is -2.61. The first-order valence-corrected chi connectivity index (χ1v) is 12.1. The van der Waals surface area contributed by atoms with Gasteiger partial charge >= 0.3 is 11.9 Å². The van der Waals surface area contributed by atoms with Crippen LogP contribution in [0.15, 0.2) is 66.7 Å². The molecule has 0 unspecified atom stereocenters. The predicted octanol–water partition coefficient (Wildman–Crippen LogP) is 0.215. The van der Waals surface area contributed by atoms with Gasteiger partial charge in [-0.05, 0) is 37.1 Å². The Labute approximate surface area is 218 Å². The number of allylic oxidation sites excluding steroid dienone is 1. The van der Waals surface area contributed by atoms with Crippen LogP contribution in [0.5, 0.6) is 5.75 Å². The minimum Gasteiger partial charge on any atom is -0.460 e. The Morgan fingerprint density at radius 2 is 1.71 bits per heavy atom. The van der Waals surface area contributed by atoms with E-state index < -0.39 is 61.0 Å². The average molecular weight is 531 g/mol. The second-order valence-corrected chi connectivity index (χ2v) is 9.07. The van der Waals surface area contributed by atoms with E-state index in [1.165, 1.54) is 24.3 Å². The van der Waals surface area contributed by atoms with Crippen LogP contribution < -0.4 is 4.74 Å². The van der Waals surface area contributed by atoms with Gasteiger partial charge in [-0.3, -0.25) is 0 Å². The zero-order chi connectivity index (χ0) is 27.3. The van der Waals surface area contributed by atoms with Gasteiger partial charge in [0.15, 0.2) is 6.10 Å². The number of carbonyl (C=O) groups excluding carboxylic acids is 2. The molecule has 2 aromatic carbocycles. The van der Waals surface area contributed by atoms with Gasteiger partial charge in [0, 0.05) is 5.56 Å². The molecule has 11 heteroatoms. The summed E-state index contributed by atoms with van der Waals surface area (Å²) >= 11 is 0. The molecule has 7 atom stereocenters. The zero-order valence-corrected chi connectivity index (χ0v) is 20.3. The maximum absolute atomic E-state index is 12.7. The summed E-state index contributed by atoms with van der Waals surface area (Å²) in [6.07, 6.45) is -5.22. The largest absolute Gasteiger partial charge is 0.460 e. The molecule has 38 heavy (non-hydrogen) atoms. The van der Waals surface area contributed by atoms with Crippen LogP contribution in [0.2, 0.25) is 0 Å². The smallest absolute Gasteiger partial charge is 0.345 e. The van der Waals surface area contributed by atoms with Crippen molar-refractivity contribution in [2.75, 3.05) is 6.61 Å². The Bertz CT molecular complexity index is 1140. The number of ether oxygens (including phenoxy) is 4. The van der Waals surface area contributed by atoms with Gasteiger partial charge in [0.2, 0.25) is 11.9 Å². The van der Waals surface area contributed by atoms with Crippen molar-refractivity contribution in [3.05, 3.63) is 77.9 Å². The molecule has 4 rings (SSSR count). The first-order chi connectivity index (χ1) is 18.2. The summed E-state index contributed by atoms with van der Waals surface area (Å²) in [5.41, 5.74) is -1.65. The number of carbonyl (C=O) groups is 2. The molecule has 0 saturated carbocycles. The fraction of sp³-hybridized carbons (Fsp3) is 0.407. The van der Waals surface area contributed by atoms with Gasteiger partial charge in [0.05, 0.1) is 18.3 Å². The molecule has 11 nitrogen and oxygen atoms in total. The first kappa shape index (κ1) is 27.7. The standard InChI is InChI=1S/C27H30O11/c28-14-19-21(30)22(31)23(38-24(32)16-8-2-1-3-9-16)25(37-19)36-18-11-5-4-10-17(18)15-35-26(33)27(34)13-7-6-12-20(27)29/h1-5,7-11,13,19-23,25,28-31,34H,6,12,14-15H2/t19-,20+,21-,22+,23-,25-,27+/m1/s1. The van der Waals surface area contributed by atoms with Crippen molar-refractivity contribution in [1.82, 2.24) is 0 Å². The summed E-state index contributed by atoms with van der Waals surface area (Å²) in [6.45, 7) is -1.00. The fourth-order valence-corrected chi connectivity index (χ4v) is 4.22. The molecule has 1 heterocycles. The first-order valence-electron chi connectivity index (χ1n) is 12.1. The summed E-state index contributed by atoms with van der Waals surface area (Å²) in [6, 6.07) is 14.3. The number of hydrogen-bond acceptors (Lipinski definition) is 11. The van der Waals surface area contributed by atoms with E-state index in [0.29, 0.717) is 12.0 Å². The van der Waals surface area contributed by atoms with Crippen molar-refractivity contribution >= 4 is 11.9 Å². The van der Waals surface area contributed by atoms with E-state index in [2.05, 4.69) is 0 Å². The number of hydrogen-bond donors (Lipinski definition) is 5. The lowest BCUT2D eigenvalue weighted by Gasteiger charge is -2.41. The Balaban J connectivity index is 1.52. The van der Waals surface area contributed by atoms with E-state index in [0.717, 1.165) is 0 Å². The number of esters is 2. The molecule has 5 N–H and O–H groups in total. The molecule has 2 aromatic rings. The minimum absolute atomic E-state index is 0.123. The molecule has 1 aliphatic carbocycles. The molecular formula is C27H30O11. The Kier molecular flexibility index (Phi) is 8.77. The van der Waals surface area contributed by atoms with Gasteiger partial charge in [-0.15, -0.1) is 0 Å². The van der Waals surface area contributed by atoms with E-state index in [4.69, 9.17) is 18.9 Å². The van der Waals surface area contributed by atoms with Crippen molar-refractivity contribution < 1.29 is 54.1 Å². The monoisotopic (exact) mass is 530 g/mol. The molecular weight excluding hydrogens is 500 g/mol. The van der Waals surface area contributed by atoms with Crippen LogP contribution >= 0.6 is 0 Å². The van der Waals surface area contributed by atoms with Crippen molar-refractivity contribution in [3.8, 4) is 5.75 Å². The average Bonchev–Trinajstić information content (AvgIpc) is 2.93. The normalized spacial score (nSPS) is 30.9. The molecule has 1 saturated heterocycles. The van der Waals surface area contributed by atoms with Crippen molar-refractivity contribution in [2.45, 2.75) is 61.9 Å². The molecule has 0 radical (unpaired) electrons. The number of rotatable bonds is 8. The highest BCUT2D eigenvalue weighted by Gasteiger charge is 2.48. The lowest BCUT2D eigenvalue weighted by molar-refractivity contribution is -0.276. The summed E-state index contributed by atoms with van der Waals surface area (Å²) in [7, 11) is 0. The lowest BCUT2D eigenvalue weighted by atomic mass is 9.88. The van der Waals surface area contributed by atoms with Crippen molar-refractivity contribution in [2.24, 2.45) is 0 Å². The maximum atomic E-state index is 12.7. The summed E-state index contributed by atoms with van der Waals surface area (Å²) in [4.78, 5) is 25.3. The third kappa shape index (κ3) is 5.88.